The molecule has 2 amide bonds. The van der Waals surface area contributed by atoms with Crippen molar-refractivity contribution < 1.29 is 19.2 Å². The highest BCUT2D eigenvalue weighted by molar-refractivity contribution is 6.02. The molecular weight excluding hydrogens is 316 g/mol. The van der Waals surface area contributed by atoms with E-state index in [0.717, 1.165) is 19.4 Å². The second kappa shape index (κ2) is 6.83. The lowest BCUT2D eigenvalue weighted by Crippen LogP contribution is -2.47. The van der Waals surface area contributed by atoms with Crippen molar-refractivity contribution in [3.05, 3.63) is 28.3 Å². The van der Waals surface area contributed by atoms with Crippen LogP contribution in [0.2, 0.25) is 0 Å². The van der Waals surface area contributed by atoms with Crippen LogP contribution >= 0.6 is 0 Å². The second-order valence-corrected chi connectivity index (χ2v) is 5.78. The summed E-state index contributed by atoms with van der Waals surface area (Å²) in [4.78, 5) is 35.8. The van der Waals surface area contributed by atoms with Gasteiger partial charge in [0.25, 0.3) is 11.6 Å². The number of hydrogen-bond donors (Lipinski definition) is 2. The van der Waals surface area contributed by atoms with Gasteiger partial charge in [-0.1, -0.05) is 0 Å². The maximum Gasteiger partial charge on any atom is 0.271 e. The number of hydrogen-bond acceptors (Lipinski definition) is 6. The summed E-state index contributed by atoms with van der Waals surface area (Å²) in [6, 6.07) is 4.24. The molecule has 0 saturated carbocycles. The number of carbonyl (C=O) groups excluding carboxylic acids is 2. The van der Waals surface area contributed by atoms with Gasteiger partial charge >= 0.3 is 0 Å². The third-order valence-electron chi connectivity index (χ3n) is 4.11. The molecule has 1 atom stereocenters. The predicted octanol–water partition coefficient (Wildman–Crippen LogP) is 0.188. The Balaban J connectivity index is 1.70. The lowest BCUT2D eigenvalue weighted by molar-refractivity contribution is -0.384. The normalized spacial score (nSPS) is 19.6. The van der Waals surface area contributed by atoms with Gasteiger partial charge in [-0.05, 0) is 25.5 Å². The monoisotopic (exact) mass is 334 g/mol. The minimum absolute atomic E-state index is 0.160. The number of rotatable bonds is 5. The first-order valence-electron chi connectivity index (χ1n) is 7.76. The van der Waals surface area contributed by atoms with Crippen LogP contribution in [0, 0.1) is 10.1 Å². The first-order valence-corrected chi connectivity index (χ1v) is 7.76. The minimum Gasteiger partial charge on any atom is -0.482 e. The van der Waals surface area contributed by atoms with E-state index in [4.69, 9.17) is 4.74 Å². The summed E-state index contributed by atoms with van der Waals surface area (Å²) in [7, 11) is 0. The highest BCUT2D eigenvalue weighted by Gasteiger charge is 2.29. The van der Waals surface area contributed by atoms with E-state index in [-0.39, 0.29) is 36.5 Å². The maximum atomic E-state index is 12.1. The zero-order chi connectivity index (χ0) is 17.1. The van der Waals surface area contributed by atoms with Crippen molar-refractivity contribution in [1.29, 1.82) is 0 Å². The van der Waals surface area contributed by atoms with Crippen molar-refractivity contribution in [2.75, 3.05) is 31.1 Å². The van der Waals surface area contributed by atoms with Crippen LogP contribution in [0.4, 0.5) is 11.4 Å². The average molecular weight is 334 g/mol. The Hall–Kier alpha value is -2.68. The second-order valence-electron chi connectivity index (χ2n) is 5.78. The van der Waals surface area contributed by atoms with E-state index in [9.17, 15) is 19.7 Å². The number of anilines is 1. The topological polar surface area (TPSA) is 114 Å². The van der Waals surface area contributed by atoms with Gasteiger partial charge in [-0.15, -0.1) is 0 Å². The number of nitrogens with one attached hydrogen (secondary N) is 2. The fraction of sp³-hybridized carbons (Fsp3) is 0.467. The Kier molecular flexibility index (Phi) is 4.61. The fourth-order valence-electron chi connectivity index (χ4n) is 2.84. The molecule has 1 fully saturated rings. The molecule has 24 heavy (non-hydrogen) atoms. The number of nitro groups is 1. The third kappa shape index (κ3) is 3.46. The summed E-state index contributed by atoms with van der Waals surface area (Å²) in [5.74, 6) is -0.362. The number of nitrogens with zero attached hydrogens (tertiary/aromatic N) is 2. The molecule has 9 heteroatoms. The molecule has 1 saturated heterocycles. The van der Waals surface area contributed by atoms with Crippen molar-refractivity contribution in [2.24, 2.45) is 0 Å². The standard InChI is InChI=1S/C15H18N4O5/c20-14(17-7-10-2-1-5-16-10)8-18-12-6-11(19(22)23)3-4-13(12)24-9-15(18)21/h3-4,6,10,16H,1-2,5,7-9H2,(H,17,20). The van der Waals surface area contributed by atoms with Crippen LogP contribution in [0.1, 0.15) is 12.8 Å². The summed E-state index contributed by atoms with van der Waals surface area (Å²) in [5.41, 5.74) is 0.0854. The Morgan fingerprint density at radius 1 is 1.50 bits per heavy atom. The van der Waals surface area contributed by atoms with Crippen LogP contribution in [-0.4, -0.2) is 49.0 Å². The summed E-state index contributed by atoms with van der Waals surface area (Å²) >= 11 is 0. The Bertz CT molecular complexity index is 672. The Morgan fingerprint density at radius 2 is 2.33 bits per heavy atom. The molecule has 3 rings (SSSR count). The summed E-state index contributed by atoms with van der Waals surface area (Å²) < 4.78 is 5.27. The molecule has 2 heterocycles. The van der Waals surface area contributed by atoms with Crippen molar-refractivity contribution >= 4 is 23.2 Å². The van der Waals surface area contributed by atoms with Crippen LogP contribution in [0.25, 0.3) is 0 Å². The van der Waals surface area contributed by atoms with Crippen molar-refractivity contribution in [2.45, 2.75) is 18.9 Å². The number of nitro benzene ring substituents is 1. The average Bonchev–Trinajstić information content (AvgIpc) is 3.08. The van der Waals surface area contributed by atoms with E-state index in [1.54, 1.807) is 0 Å². The molecule has 9 nitrogen and oxygen atoms in total. The molecule has 0 aliphatic carbocycles. The molecule has 1 aromatic rings. The third-order valence-corrected chi connectivity index (χ3v) is 4.11. The molecule has 128 valence electrons. The van der Waals surface area contributed by atoms with Crippen LogP contribution in [-0.2, 0) is 9.59 Å². The van der Waals surface area contributed by atoms with E-state index in [2.05, 4.69) is 10.6 Å². The van der Waals surface area contributed by atoms with Crippen molar-refractivity contribution in [3.8, 4) is 5.75 Å². The van der Waals surface area contributed by atoms with Gasteiger partial charge < -0.3 is 15.4 Å². The molecule has 0 spiro atoms. The van der Waals surface area contributed by atoms with Gasteiger partial charge in [-0.25, -0.2) is 0 Å². The smallest absolute Gasteiger partial charge is 0.271 e. The van der Waals surface area contributed by atoms with Gasteiger partial charge in [0.2, 0.25) is 5.91 Å². The van der Waals surface area contributed by atoms with Crippen LogP contribution in [0.3, 0.4) is 0 Å². The quantitative estimate of drug-likeness (QED) is 0.587. The molecule has 2 N–H and O–H groups in total. The zero-order valence-electron chi connectivity index (χ0n) is 13.0. The highest BCUT2D eigenvalue weighted by atomic mass is 16.6. The zero-order valence-corrected chi connectivity index (χ0v) is 13.0. The van der Waals surface area contributed by atoms with Crippen molar-refractivity contribution in [3.63, 3.8) is 0 Å². The maximum absolute atomic E-state index is 12.1. The molecule has 1 aromatic carbocycles. The van der Waals surface area contributed by atoms with Gasteiger partial charge in [0.05, 0.1) is 10.6 Å². The van der Waals surface area contributed by atoms with Gasteiger partial charge in [-0.2, -0.15) is 0 Å². The SMILES string of the molecule is O=C(CN1C(=O)COc2ccc([N+](=O)[O-])cc21)NCC1CCCN1. The molecule has 0 radical (unpaired) electrons. The van der Waals surface area contributed by atoms with Crippen LogP contribution in [0.5, 0.6) is 5.75 Å². The summed E-state index contributed by atoms with van der Waals surface area (Å²) in [6.45, 7) is 1.06. The minimum atomic E-state index is -0.552. The highest BCUT2D eigenvalue weighted by Crippen LogP contribution is 2.35. The Morgan fingerprint density at radius 3 is 3.04 bits per heavy atom. The fourth-order valence-corrected chi connectivity index (χ4v) is 2.84. The number of non-ortho nitro benzene ring substituents is 1. The van der Waals surface area contributed by atoms with E-state index in [1.165, 1.54) is 23.1 Å². The number of carbonyl (C=O) groups is 2. The van der Waals surface area contributed by atoms with Gasteiger partial charge in [-0.3, -0.25) is 24.6 Å². The van der Waals surface area contributed by atoms with Crippen LogP contribution in [0.15, 0.2) is 18.2 Å². The number of amides is 2. The first kappa shape index (κ1) is 16.2. The molecule has 0 aromatic heterocycles. The Labute approximate surface area is 138 Å². The molecular formula is C15H18N4O5. The van der Waals surface area contributed by atoms with E-state index >= 15 is 0 Å². The number of ether oxygens (including phenoxy) is 1. The van der Waals surface area contributed by atoms with Crippen molar-refractivity contribution in [1.82, 2.24) is 10.6 Å². The first-order chi connectivity index (χ1) is 11.5. The number of fused-ring (bicyclic) bond motifs is 1. The lowest BCUT2D eigenvalue weighted by atomic mass is 10.2. The lowest BCUT2D eigenvalue weighted by Gasteiger charge is -2.28. The largest absolute Gasteiger partial charge is 0.482 e. The van der Waals surface area contributed by atoms with Gasteiger partial charge in [0.1, 0.15) is 12.3 Å². The van der Waals surface area contributed by atoms with Gasteiger partial charge in [0.15, 0.2) is 6.61 Å². The number of benzene rings is 1. The van der Waals surface area contributed by atoms with Gasteiger partial charge in [0, 0.05) is 24.7 Å². The van der Waals surface area contributed by atoms with E-state index in [1.807, 2.05) is 0 Å². The summed E-state index contributed by atoms with van der Waals surface area (Å²) in [6.07, 6.45) is 2.09. The molecule has 2 aliphatic rings. The predicted molar refractivity (Wildman–Crippen MR) is 85.0 cm³/mol. The molecule has 1 unspecified atom stereocenters. The summed E-state index contributed by atoms with van der Waals surface area (Å²) in [5, 5.41) is 17.0. The van der Waals surface area contributed by atoms with E-state index in [0.29, 0.717) is 12.3 Å². The molecule has 0 bridgehead atoms. The van der Waals surface area contributed by atoms with Crippen LogP contribution < -0.4 is 20.3 Å². The molecule has 2 aliphatic heterocycles. The van der Waals surface area contributed by atoms with E-state index < -0.39 is 10.8 Å².